The van der Waals surface area contributed by atoms with Gasteiger partial charge in [-0.25, -0.2) is 4.79 Å². The van der Waals surface area contributed by atoms with Crippen LogP contribution in [0.1, 0.15) is 37.4 Å². The number of likely N-dealkylation sites (tertiary alicyclic amines) is 1. The second-order valence-electron chi connectivity index (χ2n) is 8.23. The lowest BCUT2D eigenvalue weighted by Gasteiger charge is -2.35. The summed E-state index contributed by atoms with van der Waals surface area (Å²) in [6.45, 7) is 4.39. The third-order valence-electron chi connectivity index (χ3n) is 6.18. The Hall–Kier alpha value is -2.74. The van der Waals surface area contributed by atoms with Crippen molar-refractivity contribution >= 4 is 11.9 Å². The third-order valence-corrected chi connectivity index (χ3v) is 6.18. The summed E-state index contributed by atoms with van der Waals surface area (Å²) in [4.78, 5) is 27.4. The number of hydrogen-bond donors (Lipinski definition) is 0. The average molecular weight is 456 g/mol. The maximum Gasteiger partial charge on any atom is 0.335 e. The molecule has 0 saturated carbocycles. The lowest BCUT2D eigenvalue weighted by atomic mass is 10.0. The summed E-state index contributed by atoms with van der Waals surface area (Å²) in [6, 6.07) is 18.8. The number of hydrogen-bond acceptors (Lipinski definition) is 7. The lowest BCUT2D eigenvalue weighted by molar-refractivity contribution is -0.162. The van der Waals surface area contributed by atoms with Crippen molar-refractivity contribution in [1.29, 1.82) is 0 Å². The van der Waals surface area contributed by atoms with E-state index in [1.54, 1.807) is 6.92 Å². The highest BCUT2D eigenvalue weighted by Gasteiger charge is 2.49. The van der Waals surface area contributed by atoms with Gasteiger partial charge in [0.2, 0.25) is 0 Å². The zero-order chi connectivity index (χ0) is 23.8. The molecule has 1 saturated heterocycles. The molecular formula is C26H33NO6. The average Bonchev–Trinajstić information content (AvgIpc) is 3.21. The van der Waals surface area contributed by atoms with Crippen molar-refractivity contribution in [2.75, 3.05) is 20.8 Å². The lowest BCUT2D eigenvalue weighted by Crippen LogP contribution is -2.47. The Morgan fingerprint density at radius 2 is 1.64 bits per heavy atom. The number of carbonyl (C=O) groups excluding carboxylic acids is 2. The van der Waals surface area contributed by atoms with Crippen LogP contribution < -0.4 is 0 Å². The van der Waals surface area contributed by atoms with Crippen LogP contribution in [0.15, 0.2) is 60.7 Å². The van der Waals surface area contributed by atoms with Gasteiger partial charge in [-0.1, -0.05) is 60.7 Å². The van der Waals surface area contributed by atoms with Gasteiger partial charge in [-0.15, -0.1) is 0 Å². The van der Waals surface area contributed by atoms with Crippen LogP contribution in [-0.4, -0.2) is 62.0 Å². The number of ether oxygens (including phenoxy) is 4. The number of rotatable bonds is 10. The molecule has 5 atom stereocenters. The first-order valence-electron chi connectivity index (χ1n) is 11.2. The van der Waals surface area contributed by atoms with Crippen LogP contribution in [0.25, 0.3) is 0 Å². The van der Waals surface area contributed by atoms with Gasteiger partial charge < -0.3 is 18.9 Å². The SMILES string of the molecule is COC(=O)[C@@H]1C[C@H](OC(=O)C(C)OC)[C@@H](COCc2ccccc2)N1[C@@H](C)c1ccccc1. The van der Waals surface area contributed by atoms with E-state index in [0.29, 0.717) is 19.6 Å². The van der Waals surface area contributed by atoms with Gasteiger partial charge in [0.1, 0.15) is 12.1 Å². The van der Waals surface area contributed by atoms with Crippen molar-refractivity contribution in [3.05, 3.63) is 71.8 Å². The highest BCUT2D eigenvalue weighted by atomic mass is 16.6. The van der Waals surface area contributed by atoms with E-state index in [2.05, 4.69) is 4.90 Å². The molecule has 0 bridgehead atoms. The first-order valence-corrected chi connectivity index (χ1v) is 11.2. The molecule has 0 N–H and O–H groups in total. The number of methoxy groups -OCH3 is 2. The molecule has 7 nitrogen and oxygen atoms in total. The third kappa shape index (κ3) is 6.19. The van der Waals surface area contributed by atoms with Crippen molar-refractivity contribution in [1.82, 2.24) is 4.90 Å². The molecule has 0 radical (unpaired) electrons. The van der Waals surface area contributed by atoms with Gasteiger partial charge in [0.25, 0.3) is 0 Å². The van der Waals surface area contributed by atoms with E-state index >= 15 is 0 Å². The van der Waals surface area contributed by atoms with Crippen molar-refractivity contribution in [2.45, 2.75) is 57.2 Å². The maximum atomic E-state index is 12.8. The number of benzene rings is 2. The summed E-state index contributed by atoms with van der Waals surface area (Å²) < 4.78 is 22.1. The highest BCUT2D eigenvalue weighted by Crippen LogP contribution is 2.36. The van der Waals surface area contributed by atoms with Crippen molar-refractivity contribution in [2.24, 2.45) is 0 Å². The molecule has 1 fully saturated rings. The number of carbonyl (C=O) groups is 2. The molecule has 0 amide bonds. The second kappa shape index (κ2) is 11.9. The predicted molar refractivity (Wildman–Crippen MR) is 123 cm³/mol. The second-order valence-corrected chi connectivity index (χ2v) is 8.23. The molecule has 0 spiro atoms. The molecule has 1 aliphatic heterocycles. The molecule has 1 heterocycles. The minimum absolute atomic E-state index is 0.121. The molecule has 178 valence electrons. The van der Waals surface area contributed by atoms with E-state index in [9.17, 15) is 9.59 Å². The van der Waals surface area contributed by atoms with Gasteiger partial charge in [0.05, 0.1) is 26.4 Å². The maximum absolute atomic E-state index is 12.8. The van der Waals surface area contributed by atoms with Crippen molar-refractivity contribution in [3.8, 4) is 0 Å². The summed E-state index contributed by atoms with van der Waals surface area (Å²) in [5, 5.41) is 0. The molecule has 0 aromatic heterocycles. The van der Waals surface area contributed by atoms with E-state index in [0.717, 1.165) is 11.1 Å². The molecule has 2 aromatic rings. The smallest absolute Gasteiger partial charge is 0.335 e. The highest BCUT2D eigenvalue weighted by molar-refractivity contribution is 5.77. The summed E-state index contributed by atoms with van der Waals surface area (Å²) in [7, 11) is 2.84. The molecule has 33 heavy (non-hydrogen) atoms. The largest absolute Gasteiger partial charge is 0.468 e. The van der Waals surface area contributed by atoms with Crippen LogP contribution in [0.3, 0.4) is 0 Å². The Labute approximate surface area is 195 Å². The fourth-order valence-electron chi connectivity index (χ4n) is 4.27. The predicted octanol–water partition coefficient (Wildman–Crippen LogP) is 3.53. The van der Waals surface area contributed by atoms with Crippen LogP contribution in [-0.2, 0) is 35.1 Å². The quantitative estimate of drug-likeness (QED) is 0.508. The summed E-state index contributed by atoms with van der Waals surface area (Å²) >= 11 is 0. The standard InChI is InChI=1S/C26H33NO6/c1-18(21-13-9-6-10-14-21)27-22(26(29)31-4)15-24(33-25(28)19(2)30-3)23(27)17-32-16-20-11-7-5-8-12-20/h5-14,18-19,22-24H,15-17H2,1-4H3/t18-,19?,22-,23+,24-/m0/s1. The van der Waals surface area contributed by atoms with E-state index in [4.69, 9.17) is 18.9 Å². The Morgan fingerprint density at radius 1 is 1.00 bits per heavy atom. The number of nitrogens with zero attached hydrogens (tertiary/aromatic N) is 1. The van der Waals surface area contributed by atoms with Crippen molar-refractivity contribution in [3.63, 3.8) is 0 Å². The zero-order valence-corrected chi connectivity index (χ0v) is 19.7. The van der Waals surface area contributed by atoms with Gasteiger partial charge in [0.15, 0.2) is 6.10 Å². The first-order chi connectivity index (χ1) is 16.0. The van der Waals surface area contributed by atoms with Crippen molar-refractivity contribution < 1.29 is 28.5 Å². The minimum Gasteiger partial charge on any atom is -0.468 e. The van der Waals surface area contributed by atoms with Gasteiger partial charge in [-0.2, -0.15) is 0 Å². The molecular weight excluding hydrogens is 422 g/mol. The van der Waals surface area contributed by atoms with Gasteiger partial charge in [0, 0.05) is 19.6 Å². The van der Waals surface area contributed by atoms with Crippen LogP contribution in [0.5, 0.6) is 0 Å². The van der Waals surface area contributed by atoms with E-state index in [1.165, 1.54) is 14.2 Å². The van der Waals surface area contributed by atoms with E-state index in [1.807, 2.05) is 67.6 Å². The fourth-order valence-corrected chi connectivity index (χ4v) is 4.27. The van der Waals surface area contributed by atoms with E-state index < -0.39 is 24.2 Å². The zero-order valence-electron chi connectivity index (χ0n) is 19.7. The molecule has 3 rings (SSSR count). The first kappa shape index (κ1) is 24.9. The molecule has 1 unspecified atom stereocenters. The van der Waals surface area contributed by atoms with Gasteiger partial charge >= 0.3 is 11.9 Å². The van der Waals surface area contributed by atoms with Crippen LogP contribution in [0.2, 0.25) is 0 Å². The van der Waals surface area contributed by atoms with Crippen LogP contribution in [0.4, 0.5) is 0 Å². The molecule has 0 aliphatic carbocycles. The van der Waals surface area contributed by atoms with Gasteiger partial charge in [-0.3, -0.25) is 9.69 Å². The Morgan fingerprint density at radius 3 is 2.24 bits per heavy atom. The van der Waals surface area contributed by atoms with Crippen LogP contribution in [0, 0.1) is 0 Å². The van der Waals surface area contributed by atoms with E-state index in [-0.39, 0.29) is 18.1 Å². The summed E-state index contributed by atoms with van der Waals surface area (Å²) in [5.74, 6) is -0.822. The summed E-state index contributed by atoms with van der Waals surface area (Å²) in [6.07, 6.45) is -0.917. The fraction of sp³-hybridized carbons (Fsp3) is 0.462. The molecule has 2 aromatic carbocycles. The Kier molecular flexibility index (Phi) is 9.00. The molecule has 1 aliphatic rings. The molecule has 7 heteroatoms. The monoisotopic (exact) mass is 455 g/mol. The normalized spacial score (nSPS) is 22.5. The van der Waals surface area contributed by atoms with Gasteiger partial charge in [-0.05, 0) is 25.0 Å². The number of esters is 2. The topological polar surface area (TPSA) is 74.3 Å². The Balaban J connectivity index is 1.86. The Bertz CT molecular complexity index is 890. The summed E-state index contributed by atoms with van der Waals surface area (Å²) in [5.41, 5.74) is 2.10. The van der Waals surface area contributed by atoms with Crippen LogP contribution >= 0.6 is 0 Å². The minimum atomic E-state index is -0.701.